The van der Waals surface area contributed by atoms with E-state index in [1.165, 1.54) is 26.0 Å². The lowest BCUT2D eigenvalue weighted by molar-refractivity contribution is 0.381. The molecule has 0 atom stereocenters. The highest BCUT2D eigenvalue weighted by atomic mass is 19.2. The molecule has 0 saturated carbocycles. The Hall–Kier alpha value is -6.28. The first-order valence-electron chi connectivity index (χ1n) is 14.2. The molecule has 0 amide bonds. The van der Waals surface area contributed by atoms with Gasteiger partial charge in [-0.15, -0.1) is 0 Å². The van der Waals surface area contributed by atoms with Gasteiger partial charge in [-0.05, 0) is 48.2 Å². The van der Waals surface area contributed by atoms with E-state index in [0.29, 0.717) is 0 Å². The number of rotatable bonds is 2. The van der Waals surface area contributed by atoms with Crippen molar-refractivity contribution < 1.29 is 43.9 Å². The fourth-order valence-corrected chi connectivity index (χ4v) is 6.23. The van der Waals surface area contributed by atoms with Gasteiger partial charge in [0.15, 0.2) is 46.5 Å². The van der Waals surface area contributed by atoms with Gasteiger partial charge in [-0.3, -0.25) is 0 Å². The van der Waals surface area contributed by atoms with Gasteiger partial charge in [0, 0.05) is 33.4 Å². The summed E-state index contributed by atoms with van der Waals surface area (Å²) in [7, 11) is 0. The summed E-state index contributed by atoms with van der Waals surface area (Å²) in [5.41, 5.74) is -1.92. The lowest BCUT2D eigenvalue weighted by atomic mass is 9.95. The summed E-state index contributed by atoms with van der Waals surface area (Å²) in [4.78, 5) is 9.42. The van der Waals surface area contributed by atoms with Crippen molar-refractivity contribution in [3.05, 3.63) is 128 Å². The molecule has 1 heterocycles. The molecular formula is C36H12F10N4. The molecule has 4 nitrogen and oxygen atoms in total. The van der Waals surface area contributed by atoms with Crippen molar-refractivity contribution in [3.8, 4) is 56.9 Å². The Morgan fingerprint density at radius 2 is 0.740 bits per heavy atom. The van der Waals surface area contributed by atoms with E-state index in [-0.39, 0.29) is 67.3 Å². The molecule has 246 valence electrons. The van der Waals surface area contributed by atoms with Gasteiger partial charge in [0.2, 0.25) is 11.6 Å². The van der Waals surface area contributed by atoms with Gasteiger partial charge in [0.1, 0.15) is 0 Å². The molecular weight excluding hydrogens is 678 g/mol. The predicted octanol–water partition coefficient (Wildman–Crippen LogP) is 9.85. The van der Waals surface area contributed by atoms with E-state index in [1.807, 2.05) is 12.1 Å². The molecule has 1 aromatic heterocycles. The van der Waals surface area contributed by atoms with E-state index in [9.17, 15) is 54.4 Å². The van der Waals surface area contributed by atoms with Gasteiger partial charge >= 0.3 is 0 Å². The minimum Gasteiger partial charge on any atom is -0.243 e. The number of hydrogen-bond donors (Lipinski definition) is 0. The van der Waals surface area contributed by atoms with E-state index >= 15 is 0 Å². The number of nitriles is 2. The highest BCUT2D eigenvalue weighted by molar-refractivity contribution is 6.06. The maximum absolute atomic E-state index is 14.8. The maximum atomic E-state index is 14.8. The fraction of sp³-hybridized carbons (Fsp3) is 0.0556. The average Bonchev–Trinajstić information content (AvgIpc) is 3.61. The standard InChI is InChI=1S/C36H12F10N4/c1-11(9-47)19-17-7-13(21-23(37)27(41)31(45)28(42)24(21)38)3-5-15(17)33-35(19)49-34-16-6-4-14(8-18(16)20(12(2)10-48)36(34)50-33)22-25(39)29(43)32(46)30(44)26(22)40/h3-8H,1-2H3/b19-11-,20-12-. The molecule has 0 aliphatic heterocycles. The molecule has 0 saturated heterocycles. The fourth-order valence-electron chi connectivity index (χ4n) is 6.23. The second-order valence-corrected chi connectivity index (χ2v) is 11.3. The molecule has 4 aromatic carbocycles. The molecule has 2 aliphatic rings. The van der Waals surface area contributed by atoms with Crippen LogP contribution in [0, 0.1) is 80.8 Å². The molecule has 5 aromatic rings. The molecule has 0 fully saturated rings. The third kappa shape index (κ3) is 4.24. The Bertz CT molecular complexity index is 2360. The zero-order valence-electron chi connectivity index (χ0n) is 25.0. The summed E-state index contributed by atoms with van der Waals surface area (Å²) < 4.78 is 143. The van der Waals surface area contributed by atoms with Crippen LogP contribution in [0.4, 0.5) is 43.9 Å². The quantitative estimate of drug-likeness (QED) is 0.0784. The van der Waals surface area contributed by atoms with Crippen molar-refractivity contribution in [2.24, 2.45) is 0 Å². The van der Waals surface area contributed by atoms with Crippen LogP contribution in [0.3, 0.4) is 0 Å². The van der Waals surface area contributed by atoms with Crippen LogP contribution in [0.15, 0.2) is 47.5 Å². The molecule has 7 rings (SSSR count). The molecule has 14 heteroatoms. The minimum absolute atomic E-state index is 0.0256. The summed E-state index contributed by atoms with van der Waals surface area (Å²) in [6.45, 7) is 2.78. The lowest BCUT2D eigenvalue weighted by Gasteiger charge is -2.11. The van der Waals surface area contributed by atoms with Crippen LogP contribution in [-0.2, 0) is 0 Å². The first-order valence-corrected chi connectivity index (χ1v) is 14.2. The molecule has 0 spiro atoms. The Balaban J connectivity index is 1.46. The van der Waals surface area contributed by atoms with Gasteiger partial charge in [0.25, 0.3) is 0 Å². The zero-order valence-corrected chi connectivity index (χ0v) is 25.0. The van der Waals surface area contributed by atoms with Gasteiger partial charge < -0.3 is 0 Å². The van der Waals surface area contributed by atoms with Crippen molar-refractivity contribution in [2.75, 3.05) is 0 Å². The smallest absolute Gasteiger partial charge is 0.200 e. The van der Waals surface area contributed by atoms with Gasteiger partial charge in [-0.25, -0.2) is 53.9 Å². The average molecular weight is 690 g/mol. The lowest BCUT2D eigenvalue weighted by Crippen LogP contribution is -2.04. The molecule has 50 heavy (non-hydrogen) atoms. The van der Waals surface area contributed by atoms with Crippen molar-refractivity contribution in [1.82, 2.24) is 9.97 Å². The highest BCUT2D eigenvalue weighted by Crippen LogP contribution is 2.51. The molecule has 0 bridgehead atoms. The molecule has 0 radical (unpaired) electrons. The summed E-state index contributed by atoms with van der Waals surface area (Å²) in [5.74, 6) is -21.6. The van der Waals surface area contributed by atoms with Crippen LogP contribution in [0.1, 0.15) is 36.4 Å². The Labute approximate surface area is 274 Å². The second kappa shape index (κ2) is 11.1. The van der Waals surface area contributed by atoms with E-state index < -0.39 is 80.4 Å². The Morgan fingerprint density at radius 3 is 1.04 bits per heavy atom. The third-order valence-corrected chi connectivity index (χ3v) is 8.54. The first kappa shape index (κ1) is 32.3. The van der Waals surface area contributed by atoms with E-state index in [0.717, 1.165) is 24.3 Å². The van der Waals surface area contributed by atoms with Crippen molar-refractivity contribution in [2.45, 2.75) is 13.8 Å². The van der Waals surface area contributed by atoms with Crippen molar-refractivity contribution >= 4 is 11.1 Å². The number of aromatic nitrogens is 2. The minimum atomic E-state index is -2.34. The number of benzene rings is 4. The van der Waals surface area contributed by atoms with E-state index in [2.05, 4.69) is 0 Å². The largest absolute Gasteiger partial charge is 0.243 e. The second-order valence-electron chi connectivity index (χ2n) is 11.3. The Morgan fingerprint density at radius 1 is 0.440 bits per heavy atom. The number of halogens is 10. The molecule has 0 N–H and O–H groups in total. The van der Waals surface area contributed by atoms with Crippen LogP contribution in [0.2, 0.25) is 0 Å². The number of fused-ring (bicyclic) bond motifs is 6. The zero-order chi connectivity index (χ0) is 36.1. The highest BCUT2D eigenvalue weighted by Gasteiger charge is 2.37. The van der Waals surface area contributed by atoms with Gasteiger partial charge in [-0.1, -0.05) is 24.3 Å². The van der Waals surface area contributed by atoms with E-state index in [1.54, 1.807) is 0 Å². The van der Waals surface area contributed by atoms with Crippen LogP contribution in [0.25, 0.3) is 55.9 Å². The Kier molecular flexibility index (Phi) is 7.19. The monoisotopic (exact) mass is 690 g/mol. The topological polar surface area (TPSA) is 73.4 Å². The van der Waals surface area contributed by atoms with Gasteiger partial charge in [-0.2, -0.15) is 10.5 Å². The summed E-state index contributed by atoms with van der Waals surface area (Å²) in [6, 6.07) is 10.9. The maximum Gasteiger partial charge on any atom is 0.200 e. The normalized spacial score (nSPS) is 14.4. The number of allylic oxidation sites excluding steroid dienone is 2. The van der Waals surface area contributed by atoms with Crippen LogP contribution in [0.5, 0.6) is 0 Å². The summed E-state index contributed by atoms with van der Waals surface area (Å²) in [6.07, 6.45) is 0. The van der Waals surface area contributed by atoms with Gasteiger partial charge in [0.05, 0.1) is 46.0 Å². The van der Waals surface area contributed by atoms with Crippen molar-refractivity contribution in [1.29, 1.82) is 10.5 Å². The van der Waals surface area contributed by atoms with Crippen molar-refractivity contribution in [3.63, 3.8) is 0 Å². The molecule has 0 unspecified atom stereocenters. The number of hydrogen-bond acceptors (Lipinski definition) is 4. The van der Waals surface area contributed by atoms with Crippen LogP contribution < -0.4 is 0 Å². The summed E-state index contributed by atoms with van der Waals surface area (Å²) >= 11 is 0. The third-order valence-electron chi connectivity index (χ3n) is 8.54. The van der Waals surface area contributed by atoms with Crippen LogP contribution in [-0.4, -0.2) is 9.97 Å². The predicted molar refractivity (Wildman–Crippen MR) is 158 cm³/mol. The SMILES string of the molecule is C/C(C#N)=C1\c2cc(-c3c(F)c(F)c(F)c(F)c3F)ccc2-c2nc3c(nc21)-c1ccc(-c2c(F)c(F)c(F)c(F)c2F)cc1/C3=C(\C)C#N. The summed E-state index contributed by atoms with van der Waals surface area (Å²) in [5, 5.41) is 19.7. The number of nitrogens with zero attached hydrogens (tertiary/aromatic N) is 4. The molecule has 2 aliphatic carbocycles. The van der Waals surface area contributed by atoms with Crippen LogP contribution >= 0.6 is 0 Å². The first-order chi connectivity index (χ1) is 23.7. The van der Waals surface area contributed by atoms with E-state index in [4.69, 9.17) is 9.97 Å².